The number of nitrogens with zero attached hydrogens (tertiary/aromatic N) is 2. The molecule has 5 aromatic rings. The quantitative estimate of drug-likeness (QED) is 0.0982. The Bertz CT molecular complexity index is 1730. The fourth-order valence-electron chi connectivity index (χ4n) is 5.36. The first-order valence-electron chi connectivity index (χ1n) is 16.8. The van der Waals surface area contributed by atoms with Gasteiger partial charge in [-0.15, -0.1) is 0 Å². The number of unbranched alkanes of at least 4 members (excludes halogenated alkanes) is 1. The number of benzene rings is 4. The lowest BCUT2D eigenvalue weighted by Crippen LogP contribution is -2.52. The molecule has 10 heteroatoms. The third-order valence-electron chi connectivity index (χ3n) is 8.03. The maximum atomic E-state index is 14.2. The Hall–Kier alpha value is -5.90. The van der Waals surface area contributed by atoms with Gasteiger partial charge in [0.15, 0.2) is 0 Å². The van der Waals surface area contributed by atoms with Crippen LogP contribution in [0.15, 0.2) is 128 Å². The molecule has 3 amide bonds. The predicted octanol–water partition coefficient (Wildman–Crippen LogP) is 5.99. The molecular formula is C40H43N5O5. The zero-order chi connectivity index (χ0) is 34.8. The first-order valence-corrected chi connectivity index (χ1v) is 16.8. The molecule has 0 unspecified atom stereocenters. The first-order chi connectivity index (χ1) is 24.5. The Labute approximate surface area is 292 Å². The van der Waals surface area contributed by atoms with Crippen LogP contribution in [0.5, 0.6) is 5.75 Å². The van der Waals surface area contributed by atoms with Crippen molar-refractivity contribution in [2.45, 2.75) is 51.5 Å². The number of imidazole rings is 1. The van der Waals surface area contributed by atoms with E-state index in [9.17, 15) is 14.4 Å². The minimum absolute atomic E-state index is 0.0483. The molecule has 0 spiro atoms. The van der Waals surface area contributed by atoms with E-state index in [1.54, 1.807) is 6.20 Å². The van der Waals surface area contributed by atoms with Gasteiger partial charge in [-0.25, -0.2) is 9.78 Å². The van der Waals surface area contributed by atoms with Gasteiger partial charge in [-0.2, -0.15) is 0 Å². The van der Waals surface area contributed by atoms with Crippen molar-refractivity contribution >= 4 is 17.9 Å². The van der Waals surface area contributed by atoms with Gasteiger partial charge in [-0.1, -0.05) is 103 Å². The van der Waals surface area contributed by atoms with Crippen LogP contribution in [0.1, 0.15) is 40.8 Å². The number of H-pyrrole nitrogens is 1. The number of carbonyl (C=O) groups is 3. The van der Waals surface area contributed by atoms with Crippen LogP contribution < -0.4 is 15.4 Å². The summed E-state index contributed by atoms with van der Waals surface area (Å²) in [4.78, 5) is 48.9. The highest BCUT2D eigenvalue weighted by atomic mass is 16.5. The number of alkyl carbamates (subject to hydrolysis) is 1. The lowest BCUT2D eigenvalue weighted by Gasteiger charge is -2.27. The smallest absolute Gasteiger partial charge is 0.408 e. The number of nitrogens with one attached hydrogen (secondary N) is 3. The van der Waals surface area contributed by atoms with E-state index in [2.05, 4.69) is 32.7 Å². The van der Waals surface area contributed by atoms with E-state index >= 15 is 0 Å². The Balaban J connectivity index is 1.24. The minimum Gasteiger partial charge on any atom is -0.489 e. The van der Waals surface area contributed by atoms with Crippen LogP contribution in [0.25, 0.3) is 0 Å². The summed E-state index contributed by atoms with van der Waals surface area (Å²) in [5.41, 5.74) is 4.57. The molecule has 0 aliphatic heterocycles. The summed E-state index contributed by atoms with van der Waals surface area (Å²) >= 11 is 0. The van der Waals surface area contributed by atoms with Crippen molar-refractivity contribution in [3.8, 4) is 5.75 Å². The molecule has 0 aliphatic carbocycles. The summed E-state index contributed by atoms with van der Waals surface area (Å²) in [7, 11) is 0. The highest BCUT2D eigenvalue weighted by Crippen LogP contribution is 2.17. The fraction of sp³-hybridized carbons (Fsp3) is 0.250. The van der Waals surface area contributed by atoms with Crippen LogP contribution in [-0.2, 0) is 46.9 Å². The topological polar surface area (TPSA) is 126 Å². The second-order valence-corrected chi connectivity index (χ2v) is 11.9. The van der Waals surface area contributed by atoms with E-state index < -0.39 is 18.0 Å². The van der Waals surface area contributed by atoms with E-state index in [0.29, 0.717) is 24.6 Å². The Morgan fingerprint density at radius 3 is 2.02 bits per heavy atom. The van der Waals surface area contributed by atoms with Gasteiger partial charge in [0.1, 0.15) is 25.0 Å². The third kappa shape index (κ3) is 12.0. The Kier molecular flexibility index (Phi) is 13.6. The molecule has 1 atom stereocenters. The van der Waals surface area contributed by atoms with Gasteiger partial charge in [0.2, 0.25) is 11.8 Å². The van der Waals surface area contributed by atoms with E-state index in [-0.39, 0.29) is 32.0 Å². The van der Waals surface area contributed by atoms with E-state index in [1.165, 1.54) is 16.8 Å². The van der Waals surface area contributed by atoms with Gasteiger partial charge in [0.05, 0.1) is 12.9 Å². The molecule has 0 bridgehead atoms. The zero-order valence-electron chi connectivity index (χ0n) is 28.0. The minimum atomic E-state index is -1.02. The predicted molar refractivity (Wildman–Crippen MR) is 191 cm³/mol. The van der Waals surface area contributed by atoms with Gasteiger partial charge in [0.25, 0.3) is 0 Å². The number of rotatable bonds is 18. The van der Waals surface area contributed by atoms with E-state index in [0.717, 1.165) is 36.0 Å². The second-order valence-electron chi connectivity index (χ2n) is 11.9. The van der Waals surface area contributed by atoms with Gasteiger partial charge >= 0.3 is 6.09 Å². The largest absolute Gasteiger partial charge is 0.489 e. The molecule has 0 saturated carbocycles. The lowest BCUT2D eigenvalue weighted by atomic mass is 10.1. The van der Waals surface area contributed by atoms with Gasteiger partial charge < -0.3 is 30.0 Å². The Morgan fingerprint density at radius 1 is 0.740 bits per heavy atom. The number of aryl methyl sites for hydroxylation is 1. The molecule has 1 aromatic heterocycles. The van der Waals surface area contributed by atoms with Crippen molar-refractivity contribution in [1.29, 1.82) is 0 Å². The average molecular weight is 674 g/mol. The molecule has 10 nitrogen and oxygen atoms in total. The lowest BCUT2D eigenvalue weighted by molar-refractivity contribution is -0.138. The summed E-state index contributed by atoms with van der Waals surface area (Å²) in [6, 6.07) is 35.8. The molecular weight excluding hydrogens is 630 g/mol. The summed E-state index contributed by atoms with van der Waals surface area (Å²) in [6.07, 6.45) is 5.14. The average Bonchev–Trinajstić information content (AvgIpc) is 3.67. The van der Waals surface area contributed by atoms with Crippen molar-refractivity contribution in [2.75, 3.05) is 13.1 Å². The molecule has 0 aliphatic rings. The van der Waals surface area contributed by atoms with Crippen LogP contribution in [0.3, 0.4) is 0 Å². The molecule has 0 radical (unpaired) electrons. The number of hydrogen-bond acceptors (Lipinski definition) is 6. The van der Waals surface area contributed by atoms with Gasteiger partial charge in [0, 0.05) is 31.4 Å². The summed E-state index contributed by atoms with van der Waals surface area (Å²) in [6.45, 7) is 0.913. The number of amides is 3. The van der Waals surface area contributed by atoms with E-state index in [4.69, 9.17) is 9.47 Å². The van der Waals surface area contributed by atoms with Crippen LogP contribution in [0, 0.1) is 0 Å². The summed E-state index contributed by atoms with van der Waals surface area (Å²) in [5, 5.41) is 5.69. The fourth-order valence-corrected chi connectivity index (χ4v) is 5.36. The number of aromatic nitrogens is 2. The van der Waals surface area contributed by atoms with Gasteiger partial charge in [-0.3, -0.25) is 9.59 Å². The molecule has 4 aromatic carbocycles. The first kappa shape index (κ1) is 35.4. The van der Waals surface area contributed by atoms with Crippen molar-refractivity contribution in [3.63, 3.8) is 0 Å². The highest BCUT2D eigenvalue weighted by molar-refractivity contribution is 5.89. The van der Waals surface area contributed by atoms with E-state index in [1.807, 2.05) is 103 Å². The second kappa shape index (κ2) is 19.2. The number of hydrogen-bond donors (Lipinski definition) is 3. The molecule has 50 heavy (non-hydrogen) atoms. The zero-order valence-corrected chi connectivity index (χ0v) is 28.0. The normalized spacial score (nSPS) is 11.3. The monoisotopic (exact) mass is 673 g/mol. The molecule has 0 fully saturated rings. The molecule has 1 heterocycles. The number of aromatic amines is 1. The standard InChI is InChI=1S/C40H43N5O5/c46-38(42-23-11-10-14-31-12-4-1-5-13-31)27-45(26-32-19-21-36(22-20-32)49-28-33-15-6-2-7-16-33)39(47)37(24-35-25-41-30-43-35)44-40(48)50-29-34-17-8-3-9-18-34/h1-9,12-13,15-22,25,30,37H,10-11,14,23-24,26-29H2,(H,41,43)(H,42,46)(H,44,48)/t37-/m0/s1. The van der Waals surface area contributed by atoms with Crippen LogP contribution >= 0.6 is 0 Å². The SMILES string of the molecule is O=C(CN(Cc1ccc(OCc2ccccc2)cc1)C(=O)[C@H](Cc1cnc[nH]1)NC(=O)OCc1ccccc1)NCCCCc1ccccc1. The van der Waals surface area contributed by atoms with Crippen LogP contribution in [0.2, 0.25) is 0 Å². The van der Waals surface area contributed by atoms with Crippen molar-refractivity contribution in [1.82, 2.24) is 25.5 Å². The van der Waals surface area contributed by atoms with Crippen molar-refractivity contribution < 1.29 is 23.9 Å². The maximum absolute atomic E-state index is 14.2. The summed E-state index contributed by atoms with van der Waals surface area (Å²) < 4.78 is 11.4. The Morgan fingerprint density at radius 2 is 1.38 bits per heavy atom. The molecule has 5 rings (SSSR count). The molecule has 3 N–H and O–H groups in total. The van der Waals surface area contributed by atoms with Crippen LogP contribution in [0.4, 0.5) is 4.79 Å². The maximum Gasteiger partial charge on any atom is 0.408 e. The van der Waals surface area contributed by atoms with Crippen molar-refractivity contribution in [2.24, 2.45) is 0 Å². The third-order valence-corrected chi connectivity index (χ3v) is 8.03. The number of ether oxygens (including phenoxy) is 2. The number of carbonyl (C=O) groups excluding carboxylic acids is 3. The highest BCUT2D eigenvalue weighted by Gasteiger charge is 2.29. The van der Waals surface area contributed by atoms with Crippen molar-refractivity contribution in [3.05, 3.63) is 156 Å². The van der Waals surface area contributed by atoms with Gasteiger partial charge in [-0.05, 0) is 53.6 Å². The molecule has 0 saturated heterocycles. The molecule has 258 valence electrons. The summed E-state index contributed by atoms with van der Waals surface area (Å²) in [5.74, 6) is -0.0311. The van der Waals surface area contributed by atoms with Crippen LogP contribution in [-0.4, -0.2) is 51.9 Å².